The largest absolute Gasteiger partial charge is 0.434 e. The summed E-state index contributed by atoms with van der Waals surface area (Å²) in [5.74, 6) is -0.693. The summed E-state index contributed by atoms with van der Waals surface area (Å²) in [4.78, 5) is 19.6. The van der Waals surface area contributed by atoms with Gasteiger partial charge in [0, 0.05) is 35.7 Å². The monoisotopic (exact) mass is 502 g/mol. The second-order valence-electron chi connectivity index (χ2n) is 8.20. The molecule has 1 aliphatic rings. The van der Waals surface area contributed by atoms with Crippen molar-refractivity contribution in [1.29, 1.82) is 0 Å². The predicted molar refractivity (Wildman–Crippen MR) is 126 cm³/mol. The maximum absolute atomic E-state index is 13.3. The van der Waals surface area contributed by atoms with E-state index in [1.54, 1.807) is 23.1 Å². The molecule has 0 unspecified atom stereocenters. The van der Waals surface area contributed by atoms with Crippen LogP contribution in [-0.2, 0) is 0 Å². The van der Waals surface area contributed by atoms with Gasteiger partial charge in [0.15, 0.2) is 11.5 Å². The Hall–Kier alpha value is -3.77. The topological polar surface area (TPSA) is 116 Å². The minimum Gasteiger partial charge on any atom is -0.434 e. The third kappa shape index (κ3) is 4.49. The van der Waals surface area contributed by atoms with E-state index in [1.165, 1.54) is 28.9 Å². The zero-order valence-corrected chi connectivity index (χ0v) is 19.3. The molecular weight excluding hydrogens is 482 g/mol. The molecule has 0 radical (unpaired) electrons. The molecule has 1 saturated heterocycles. The molecule has 1 aromatic carbocycles. The van der Waals surface area contributed by atoms with Crippen molar-refractivity contribution in [3.63, 3.8) is 0 Å². The van der Waals surface area contributed by atoms with Crippen LogP contribution in [0.3, 0.4) is 0 Å². The number of rotatable bonds is 6. The second-order valence-corrected chi connectivity index (χ2v) is 8.63. The van der Waals surface area contributed by atoms with E-state index in [0.717, 1.165) is 19.5 Å². The molecule has 1 amide bonds. The maximum Gasteiger partial charge on any atom is 0.387 e. The van der Waals surface area contributed by atoms with Crippen LogP contribution in [0.1, 0.15) is 22.8 Å². The van der Waals surface area contributed by atoms with Crippen LogP contribution in [0, 0.1) is 0 Å². The first-order valence-electron chi connectivity index (χ1n) is 10.7. The standard InChI is InChI=1S/C22H21ClF2N8O2/c1-31-8-5-13(10-31)33-11-15(18(29-33)14-9-12(23)3-4-16(14)35-22(24)25)28-21(34)17-19(26)30-32-7-2-6-27-20(17)32/h2-4,6-7,9,11,13,22H,5,8,10H2,1H3,(H2,26,30)(H,28,34)/t13-/m0/s1. The van der Waals surface area contributed by atoms with Gasteiger partial charge in [0.2, 0.25) is 0 Å². The Kier molecular flexibility index (Phi) is 5.99. The molecule has 1 fully saturated rings. The highest BCUT2D eigenvalue weighted by Gasteiger charge is 2.27. The molecule has 4 heterocycles. The number of nitrogens with one attached hydrogen (secondary N) is 1. The lowest BCUT2D eigenvalue weighted by Gasteiger charge is -2.12. The summed E-state index contributed by atoms with van der Waals surface area (Å²) in [7, 11) is 2.00. The van der Waals surface area contributed by atoms with Crippen LogP contribution in [0.15, 0.2) is 42.9 Å². The molecule has 13 heteroatoms. The number of carbonyl (C=O) groups excluding carboxylic acids is 1. The fraction of sp³-hybridized carbons (Fsp3) is 0.273. The number of amides is 1. The van der Waals surface area contributed by atoms with Gasteiger partial charge in [-0.25, -0.2) is 9.50 Å². The minimum absolute atomic E-state index is 0.00274. The molecule has 1 atom stereocenters. The highest BCUT2D eigenvalue weighted by Crippen LogP contribution is 2.38. The minimum atomic E-state index is -3.05. The van der Waals surface area contributed by atoms with Gasteiger partial charge in [-0.1, -0.05) is 11.6 Å². The third-order valence-electron chi connectivity index (χ3n) is 5.78. The first-order chi connectivity index (χ1) is 16.8. The fourth-order valence-electron chi connectivity index (χ4n) is 4.19. The molecular formula is C22H21ClF2N8O2. The van der Waals surface area contributed by atoms with Crippen LogP contribution >= 0.6 is 11.6 Å². The van der Waals surface area contributed by atoms with Gasteiger partial charge in [-0.2, -0.15) is 13.9 Å². The van der Waals surface area contributed by atoms with E-state index in [1.807, 2.05) is 7.05 Å². The normalized spacial score (nSPS) is 16.3. The number of aromatic nitrogens is 5. The van der Waals surface area contributed by atoms with E-state index in [9.17, 15) is 13.6 Å². The van der Waals surface area contributed by atoms with Gasteiger partial charge in [-0.3, -0.25) is 9.48 Å². The van der Waals surface area contributed by atoms with E-state index >= 15 is 0 Å². The van der Waals surface area contributed by atoms with Crippen LogP contribution in [0.5, 0.6) is 5.75 Å². The molecule has 10 nitrogen and oxygen atoms in total. The molecule has 4 aromatic rings. The van der Waals surface area contributed by atoms with Gasteiger partial charge in [0.1, 0.15) is 17.0 Å². The van der Waals surface area contributed by atoms with Gasteiger partial charge >= 0.3 is 6.61 Å². The number of nitrogens with zero attached hydrogens (tertiary/aromatic N) is 6. The molecule has 5 rings (SSSR count). The number of hydrogen-bond acceptors (Lipinski definition) is 7. The average molecular weight is 503 g/mol. The van der Waals surface area contributed by atoms with Crippen molar-refractivity contribution >= 4 is 34.7 Å². The number of likely N-dealkylation sites (N-methyl/N-ethyl adjacent to an activating group) is 1. The summed E-state index contributed by atoms with van der Waals surface area (Å²) in [5, 5.41) is 11.9. The number of anilines is 2. The van der Waals surface area contributed by atoms with Crippen molar-refractivity contribution in [3.05, 3.63) is 53.4 Å². The van der Waals surface area contributed by atoms with Crippen molar-refractivity contribution in [1.82, 2.24) is 29.3 Å². The van der Waals surface area contributed by atoms with Crippen LogP contribution < -0.4 is 15.8 Å². The number of carbonyl (C=O) groups is 1. The molecule has 1 aliphatic heterocycles. The molecule has 35 heavy (non-hydrogen) atoms. The number of fused-ring (bicyclic) bond motifs is 1. The van der Waals surface area contributed by atoms with E-state index < -0.39 is 12.5 Å². The van der Waals surface area contributed by atoms with Crippen molar-refractivity contribution in [2.24, 2.45) is 0 Å². The molecule has 0 aliphatic carbocycles. The zero-order valence-electron chi connectivity index (χ0n) is 18.5. The quantitative estimate of drug-likeness (QED) is 0.414. The highest BCUT2D eigenvalue weighted by atomic mass is 35.5. The number of benzene rings is 1. The molecule has 3 N–H and O–H groups in total. The Labute approximate surface area is 203 Å². The Balaban J connectivity index is 1.59. The number of nitrogen functional groups attached to an aromatic ring is 1. The Morgan fingerprint density at radius 1 is 1.34 bits per heavy atom. The first kappa shape index (κ1) is 23.0. The molecule has 182 valence electrons. The maximum atomic E-state index is 13.3. The van der Waals surface area contributed by atoms with E-state index in [2.05, 4.69) is 25.4 Å². The van der Waals surface area contributed by atoms with Crippen molar-refractivity contribution in [2.45, 2.75) is 19.1 Å². The van der Waals surface area contributed by atoms with Crippen molar-refractivity contribution in [3.8, 4) is 17.0 Å². The van der Waals surface area contributed by atoms with Crippen molar-refractivity contribution < 1.29 is 18.3 Å². The SMILES string of the molecule is CN1CC[C@H](n2cc(NC(=O)c3c(N)nn4cccnc34)c(-c3cc(Cl)ccc3OC(F)F)n2)C1. The molecule has 0 spiro atoms. The van der Waals surface area contributed by atoms with E-state index in [-0.39, 0.29) is 45.8 Å². The number of hydrogen-bond donors (Lipinski definition) is 2. The fourth-order valence-corrected chi connectivity index (χ4v) is 4.36. The number of ether oxygens (including phenoxy) is 1. The molecule has 3 aromatic heterocycles. The lowest BCUT2D eigenvalue weighted by Crippen LogP contribution is -2.16. The second kappa shape index (κ2) is 9.12. The lowest BCUT2D eigenvalue weighted by atomic mass is 10.1. The average Bonchev–Trinajstić information content (AvgIpc) is 3.50. The summed E-state index contributed by atoms with van der Waals surface area (Å²) in [6.45, 7) is -1.43. The predicted octanol–water partition coefficient (Wildman–Crippen LogP) is 3.56. The summed E-state index contributed by atoms with van der Waals surface area (Å²) in [5.41, 5.74) is 7.08. The van der Waals surface area contributed by atoms with Crippen molar-refractivity contribution in [2.75, 3.05) is 31.2 Å². The van der Waals surface area contributed by atoms with Crippen LogP contribution in [-0.4, -0.2) is 61.9 Å². The van der Waals surface area contributed by atoms with Crippen LogP contribution in [0.2, 0.25) is 5.02 Å². The number of alkyl halides is 2. The summed E-state index contributed by atoms with van der Waals surface area (Å²) < 4.78 is 34.1. The van der Waals surface area contributed by atoms with Gasteiger partial charge < -0.3 is 20.7 Å². The summed E-state index contributed by atoms with van der Waals surface area (Å²) in [6, 6.07) is 5.94. The van der Waals surface area contributed by atoms with E-state index in [4.69, 9.17) is 22.1 Å². The van der Waals surface area contributed by atoms with Gasteiger partial charge in [0.25, 0.3) is 5.91 Å². The third-order valence-corrected chi connectivity index (χ3v) is 6.02. The number of likely N-dealkylation sites (tertiary alicyclic amines) is 1. The lowest BCUT2D eigenvalue weighted by molar-refractivity contribution is -0.0494. The van der Waals surface area contributed by atoms with Gasteiger partial charge in [0.05, 0.1) is 11.7 Å². The summed E-state index contributed by atoms with van der Waals surface area (Å²) >= 11 is 6.17. The smallest absolute Gasteiger partial charge is 0.387 e. The van der Waals surface area contributed by atoms with Gasteiger partial charge in [-0.15, -0.1) is 5.10 Å². The first-order valence-corrected chi connectivity index (χ1v) is 11.1. The van der Waals surface area contributed by atoms with Crippen LogP contribution in [0.25, 0.3) is 16.9 Å². The molecule has 0 saturated carbocycles. The van der Waals surface area contributed by atoms with Crippen LogP contribution in [0.4, 0.5) is 20.3 Å². The number of nitrogens with two attached hydrogens (primary N) is 1. The van der Waals surface area contributed by atoms with E-state index in [0.29, 0.717) is 5.02 Å². The van der Waals surface area contributed by atoms with Gasteiger partial charge in [-0.05, 0) is 44.3 Å². The summed E-state index contributed by atoms with van der Waals surface area (Å²) in [6.07, 6.45) is 5.65. The number of halogens is 3. The zero-order chi connectivity index (χ0) is 24.7. The molecule has 0 bridgehead atoms. The Bertz CT molecular complexity index is 1410. The highest BCUT2D eigenvalue weighted by molar-refractivity contribution is 6.31. The Morgan fingerprint density at radius 2 is 2.17 bits per heavy atom. The Morgan fingerprint density at radius 3 is 2.91 bits per heavy atom.